The maximum Gasteiger partial charge on any atom is 0.230 e. The van der Waals surface area contributed by atoms with Gasteiger partial charge in [-0.1, -0.05) is 31.5 Å². The number of hydrogen-bond donors (Lipinski definition) is 1. The zero-order chi connectivity index (χ0) is 16.4. The van der Waals surface area contributed by atoms with Crippen LogP contribution in [-0.4, -0.2) is 27.7 Å². The molecule has 0 radical (unpaired) electrons. The molecule has 124 valence electrons. The van der Waals surface area contributed by atoms with Gasteiger partial charge in [0, 0.05) is 16.3 Å². The maximum atomic E-state index is 12.2. The molecule has 0 unspecified atom stereocenters. The number of thiophene rings is 1. The summed E-state index contributed by atoms with van der Waals surface area (Å²) in [6, 6.07) is 0.379. The summed E-state index contributed by atoms with van der Waals surface area (Å²) in [5.41, 5.74) is 1.32. The molecule has 1 aliphatic rings. The highest BCUT2D eigenvalue weighted by atomic mass is 32.2. The summed E-state index contributed by atoms with van der Waals surface area (Å²) in [4.78, 5) is 23.7. The van der Waals surface area contributed by atoms with Gasteiger partial charge in [0.2, 0.25) is 5.91 Å². The minimum atomic E-state index is 0.122. The van der Waals surface area contributed by atoms with Crippen molar-refractivity contribution in [3.05, 3.63) is 16.3 Å². The molecule has 2 heterocycles. The molecule has 2 aromatic rings. The molecule has 1 aliphatic carbocycles. The lowest BCUT2D eigenvalue weighted by Gasteiger charge is -2.12. The highest BCUT2D eigenvalue weighted by Gasteiger charge is 2.19. The average Bonchev–Trinajstić information content (AvgIpc) is 3.11. The van der Waals surface area contributed by atoms with Crippen molar-refractivity contribution >= 4 is 39.2 Å². The molecule has 1 amide bonds. The van der Waals surface area contributed by atoms with E-state index in [0.29, 0.717) is 11.8 Å². The maximum absolute atomic E-state index is 12.2. The van der Waals surface area contributed by atoms with Gasteiger partial charge in [0.15, 0.2) is 0 Å². The van der Waals surface area contributed by atoms with Crippen molar-refractivity contribution in [1.29, 1.82) is 0 Å². The second kappa shape index (κ2) is 7.18. The Morgan fingerprint density at radius 2 is 2.04 bits per heavy atom. The minimum absolute atomic E-state index is 0.122. The largest absolute Gasteiger partial charge is 0.353 e. The number of rotatable bonds is 5. The molecule has 0 saturated heterocycles. The van der Waals surface area contributed by atoms with Gasteiger partial charge in [-0.25, -0.2) is 9.97 Å². The lowest BCUT2D eigenvalue weighted by atomic mass is 10.1. The van der Waals surface area contributed by atoms with Gasteiger partial charge in [-0.3, -0.25) is 4.79 Å². The van der Waals surface area contributed by atoms with Gasteiger partial charge in [0.05, 0.1) is 5.75 Å². The summed E-state index contributed by atoms with van der Waals surface area (Å²) in [7, 11) is 0. The van der Waals surface area contributed by atoms with Crippen molar-refractivity contribution in [3.63, 3.8) is 0 Å². The van der Waals surface area contributed by atoms with Crippen molar-refractivity contribution in [2.45, 2.75) is 63.9 Å². The second-order valence-corrected chi connectivity index (χ2v) is 8.25. The zero-order valence-electron chi connectivity index (χ0n) is 13.9. The number of amides is 1. The van der Waals surface area contributed by atoms with Crippen LogP contribution in [0.5, 0.6) is 0 Å². The van der Waals surface area contributed by atoms with Gasteiger partial charge in [0.1, 0.15) is 15.7 Å². The summed E-state index contributed by atoms with van der Waals surface area (Å²) in [6.07, 6.45) is 5.68. The number of fused-ring (bicyclic) bond motifs is 1. The normalized spacial score (nSPS) is 15.4. The monoisotopic (exact) mass is 349 g/mol. The molecule has 0 aliphatic heterocycles. The number of aryl methyl sites for hydroxylation is 3. The number of hydrogen-bond acceptors (Lipinski definition) is 5. The Hall–Kier alpha value is -1.14. The van der Waals surface area contributed by atoms with E-state index in [-0.39, 0.29) is 5.91 Å². The van der Waals surface area contributed by atoms with Crippen LogP contribution in [0.2, 0.25) is 0 Å². The van der Waals surface area contributed by atoms with Crippen LogP contribution >= 0.6 is 23.1 Å². The molecule has 6 heteroatoms. The Balaban J connectivity index is 1.77. The molecule has 0 bridgehead atoms. The van der Waals surface area contributed by atoms with E-state index in [0.717, 1.165) is 40.3 Å². The van der Waals surface area contributed by atoms with Gasteiger partial charge in [-0.05, 0) is 38.7 Å². The van der Waals surface area contributed by atoms with Crippen molar-refractivity contribution in [3.8, 4) is 0 Å². The first kappa shape index (κ1) is 16.7. The Morgan fingerprint density at radius 1 is 1.30 bits per heavy atom. The predicted molar refractivity (Wildman–Crippen MR) is 97.4 cm³/mol. The number of carbonyl (C=O) groups excluding carboxylic acids is 1. The SMILES string of the molecule is CCc1c(C)sc2nc(C)nc(SCC(=O)NC3CCCC3)c12. The molecule has 4 nitrogen and oxygen atoms in total. The fourth-order valence-electron chi connectivity index (χ4n) is 3.24. The first-order chi connectivity index (χ1) is 11.1. The van der Waals surface area contributed by atoms with Crippen LogP contribution in [0.1, 0.15) is 48.9 Å². The van der Waals surface area contributed by atoms with E-state index in [1.165, 1.54) is 23.3 Å². The molecule has 23 heavy (non-hydrogen) atoms. The summed E-state index contributed by atoms with van der Waals surface area (Å²) in [5.74, 6) is 1.33. The van der Waals surface area contributed by atoms with Gasteiger partial charge in [-0.15, -0.1) is 11.3 Å². The van der Waals surface area contributed by atoms with Crippen molar-refractivity contribution < 1.29 is 4.79 Å². The van der Waals surface area contributed by atoms with E-state index in [2.05, 4.69) is 29.1 Å². The molecule has 0 aromatic carbocycles. The van der Waals surface area contributed by atoms with Gasteiger partial charge in [-0.2, -0.15) is 0 Å². The fraction of sp³-hybridized carbons (Fsp3) is 0.588. The van der Waals surface area contributed by atoms with Crippen molar-refractivity contribution in [1.82, 2.24) is 15.3 Å². The Labute approximate surface area is 145 Å². The second-order valence-electron chi connectivity index (χ2n) is 6.08. The summed E-state index contributed by atoms with van der Waals surface area (Å²) >= 11 is 3.27. The minimum Gasteiger partial charge on any atom is -0.353 e. The van der Waals surface area contributed by atoms with Crippen LogP contribution < -0.4 is 5.32 Å². The van der Waals surface area contributed by atoms with Gasteiger partial charge >= 0.3 is 0 Å². The van der Waals surface area contributed by atoms with E-state index in [1.54, 1.807) is 23.1 Å². The summed E-state index contributed by atoms with van der Waals surface area (Å²) in [5, 5.41) is 5.25. The highest BCUT2D eigenvalue weighted by molar-refractivity contribution is 8.00. The quantitative estimate of drug-likeness (QED) is 0.654. The number of thioether (sulfide) groups is 1. The van der Waals surface area contributed by atoms with E-state index in [4.69, 9.17) is 0 Å². The lowest BCUT2D eigenvalue weighted by Crippen LogP contribution is -2.33. The first-order valence-electron chi connectivity index (χ1n) is 8.27. The van der Waals surface area contributed by atoms with Crippen molar-refractivity contribution in [2.75, 3.05) is 5.75 Å². The molecular weight excluding hydrogens is 326 g/mol. The fourth-order valence-corrected chi connectivity index (χ4v) is 5.38. The molecule has 1 N–H and O–H groups in total. The van der Waals surface area contributed by atoms with E-state index in [9.17, 15) is 4.79 Å². The number of nitrogens with zero attached hydrogens (tertiary/aromatic N) is 2. The van der Waals surface area contributed by atoms with Crippen LogP contribution in [0.4, 0.5) is 0 Å². The molecule has 3 rings (SSSR count). The smallest absolute Gasteiger partial charge is 0.230 e. The zero-order valence-corrected chi connectivity index (χ0v) is 15.6. The van der Waals surface area contributed by atoms with E-state index in [1.807, 2.05) is 6.92 Å². The highest BCUT2D eigenvalue weighted by Crippen LogP contribution is 2.35. The first-order valence-corrected chi connectivity index (χ1v) is 10.1. The van der Waals surface area contributed by atoms with Crippen LogP contribution in [0.3, 0.4) is 0 Å². The number of carbonyl (C=O) groups is 1. The van der Waals surface area contributed by atoms with Crippen LogP contribution in [0.15, 0.2) is 5.03 Å². The molecular formula is C17H23N3OS2. The predicted octanol–water partition coefficient (Wildman–Crippen LogP) is 4.02. The number of aromatic nitrogens is 2. The number of nitrogens with one attached hydrogen (secondary N) is 1. The molecule has 2 aromatic heterocycles. The Kier molecular flexibility index (Phi) is 5.21. The van der Waals surface area contributed by atoms with E-state index >= 15 is 0 Å². The molecule has 0 atom stereocenters. The summed E-state index contributed by atoms with van der Waals surface area (Å²) in [6.45, 7) is 6.22. The third-order valence-electron chi connectivity index (χ3n) is 4.34. The molecule has 1 saturated carbocycles. The molecule has 1 fully saturated rings. The third kappa shape index (κ3) is 3.69. The van der Waals surface area contributed by atoms with Crippen LogP contribution in [0.25, 0.3) is 10.2 Å². The van der Waals surface area contributed by atoms with E-state index < -0.39 is 0 Å². The topological polar surface area (TPSA) is 54.9 Å². The third-order valence-corrected chi connectivity index (χ3v) is 6.36. The molecule has 0 spiro atoms. The van der Waals surface area contributed by atoms with Crippen LogP contribution in [-0.2, 0) is 11.2 Å². The average molecular weight is 350 g/mol. The lowest BCUT2D eigenvalue weighted by molar-refractivity contribution is -0.119. The van der Waals surface area contributed by atoms with Gasteiger partial charge < -0.3 is 5.32 Å². The van der Waals surface area contributed by atoms with Crippen molar-refractivity contribution in [2.24, 2.45) is 0 Å². The van der Waals surface area contributed by atoms with Crippen LogP contribution in [0, 0.1) is 13.8 Å². The Morgan fingerprint density at radius 3 is 2.74 bits per heavy atom. The standard InChI is InChI=1S/C17H23N3OS2/c1-4-13-10(2)23-17-15(13)16(18-11(3)19-17)22-9-14(21)20-12-7-5-6-8-12/h12H,4-9H2,1-3H3,(H,20,21). The van der Waals surface area contributed by atoms with Gasteiger partial charge in [0.25, 0.3) is 0 Å². The Bertz CT molecular complexity index is 720. The summed E-state index contributed by atoms with van der Waals surface area (Å²) < 4.78 is 0.